The first-order valence-electron chi connectivity index (χ1n) is 6.35. The fraction of sp³-hybridized carbons (Fsp3) is 0.692. The molecule has 1 aromatic rings. The third-order valence-electron chi connectivity index (χ3n) is 3.80. The predicted octanol–water partition coefficient (Wildman–Crippen LogP) is 2.19. The molecular weight excluding hydrogens is 184 g/mol. The number of hydrogen-bond acceptors (Lipinski definition) is 1. The summed E-state index contributed by atoms with van der Waals surface area (Å²) in [5.41, 5.74) is 4.57. The van der Waals surface area contributed by atoms with Crippen molar-refractivity contribution in [2.24, 2.45) is 0 Å². The van der Waals surface area contributed by atoms with Gasteiger partial charge in [-0.1, -0.05) is 0 Å². The van der Waals surface area contributed by atoms with E-state index in [0.717, 1.165) is 6.04 Å². The van der Waals surface area contributed by atoms with Crippen LogP contribution in [0.2, 0.25) is 0 Å². The lowest BCUT2D eigenvalue weighted by atomic mass is 9.98. The van der Waals surface area contributed by atoms with Gasteiger partial charge >= 0.3 is 0 Å². The molecule has 1 unspecified atom stereocenters. The topological polar surface area (TPSA) is 27.8 Å². The van der Waals surface area contributed by atoms with Crippen molar-refractivity contribution < 1.29 is 0 Å². The fourth-order valence-corrected chi connectivity index (χ4v) is 2.98. The Kier molecular flexibility index (Phi) is 2.53. The van der Waals surface area contributed by atoms with Crippen molar-refractivity contribution in [1.82, 2.24) is 10.3 Å². The smallest absolute Gasteiger partial charge is 0.0181 e. The second-order valence-corrected chi connectivity index (χ2v) is 5.00. The largest absolute Gasteiger partial charge is 0.362 e. The van der Waals surface area contributed by atoms with Crippen molar-refractivity contribution in [3.63, 3.8) is 0 Å². The van der Waals surface area contributed by atoms with E-state index in [4.69, 9.17) is 0 Å². The van der Waals surface area contributed by atoms with Crippen LogP contribution in [0.5, 0.6) is 0 Å². The summed E-state index contributed by atoms with van der Waals surface area (Å²) in [5, 5.41) is 3.57. The minimum atomic E-state index is 0.727. The quantitative estimate of drug-likeness (QED) is 0.759. The van der Waals surface area contributed by atoms with Gasteiger partial charge in [0, 0.05) is 23.9 Å². The van der Waals surface area contributed by atoms with Crippen LogP contribution in [0.1, 0.15) is 42.6 Å². The van der Waals surface area contributed by atoms with Gasteiger partial charge in [-0.3, -0.25) is 0 Å². The summed E-state index contributed by atoms with van der Waals surface area (Å²) >= 11 is 0. The number of hydrogen-bond donors (Lipinski definition) is 2. The van der Waals surface area contributed by atoms with E-state index in [9.17, 15) is 0 Å². The van der Waals surface area contributed by atoms with Gasteiger partial charge in [0.1, 0.15) is 0 Å². The number of nitrogens with one attached hydrogen (secondary N) is 2. The molecule has 2 aliphatic rings. The van der Waals surface area contributed by atoms with E-state index < -0.39 is 0 Å². The van der Waals surface area contributed by atoms with E-state index in [1.54, 1.807) is 5.56 Å². The average Bonchev–Trinajstić information content (AvgIpc) is 2.86. The second kappa shape index (κ2) is 4.01. The van der Waals surface area contributed by atoms with Crippen molar-refractivity contribution in [3.8, 4) is 0 Å². The van der Waals surface area contributed by atoms with E-state index in [0.29, 0.717) is 0 Å². The Labute approximate surface area is 91.5 Å². The maximum Gasteiger partial charge on any atom is 0.0181 e. The van der Waals surface area contributed by atoms with Gasteiger partial charge in [-0.05, 0) is 56.7 Å². The van der Waals surface area contributed by atoms with Crippen LogP contribution in [-0.4, -0.2) is 17.6 Å². The van der Waals surface area contributed by atoms with Crippen molar-refractivity contribution in [2.45, 2.75) is 51.0 Å². The Morgan fingerprint density at radius 1 is 1.20 bits per heavy atom. The molecule has 1 aromatic heterocycles. The molecule has 1 fully saturated rings. The third kappa shape index (κ3) is 1.96. The molecule has 3 rings (SSSR count). The lowest BCUT2D eigenvalue weighted by molar-refractivity contribution is 0.595. The zero-order valence-electron chi connectivity index (χ0n) is 9.31. The van der Waals surface area contributed by atoms with Crippen LogP contribution in [0.15, 0.2) is 6.07 Å². The zero-order chi connectivity index (χ0) is 10.1. The highest BCUT2D eigenvalue weighted by Crippen LogP contribution is 2.23. The number of aromatic nitrogens is 1. The predicted molar refractivity (Wildman–Crippen MR) is 62.2 cm³/mol. The number of H-pyrrole nitrogens is 1. The number of aromatic amines is 1. The molecule has 1 aliphatic carbocycles. The Hall–Kier alpha value is -0.760. The van der Waals surface area contributed by atoms with E-state index in [1.165, 1.54) is 62.9 Å². The Morgan fingerprint density at radius 3 is 2.93 bits per heavy atom. The molecule has 15 heavy (non-hydrogen) atoms. The summed E-state index contributed by atoms with van der Waals surface area (Å²) in [7, 11) is 0. The molecule has 1 saturated heterocycles. The highest BCUT2D eigenvalue weighted by molar-refractivity contribution is 5.28. The highest BCUT2D eigenvalue weighted by Gasteiger charge is 2.17. The maximum atomic E-state index is 3.62. The van der Waals surface area contributed by atoms with E-state index in [2.05, 4.69) is 16.4 Å². The van der Waals surface area contributed by atoms with Gasteiger partial charge in [0.2, 0.25) is 0 Å². The lowest BCUT2D eigenvalue weighted by Gasteiger charge is -2.09. The zero-order valence-corrected chi connectivity index (χ0v) is 9.31. The first-order chi connectivity index (χ1) is 7.42. The standard InChI is InChI=1S/C13H20N2/c1-2-6-13-10(4-1)8-12(15-13)9-11-5-3-7-14-11/h8,11,14-15H,1-7,9H2. The second-order valence-electron chi connectivity index (χ2n) is 5.00. The average molecular weight is 204 g/mol. The number of rotatable bonds is 2. The number of aryl methyl sites for hydroxylation is 2. The molecule has 2 N–H and O–H groups in total. The molecule has 0 saturated carbocycles. The van der Waals surface area contributed by atoms with Crippen LogP contribution >= 0.6 is 0 Å². The third-order valence-corrected chi connectivity index (χ3v) is 3.80. The van der Waals surface area contributed by atoms with Crippen LogP contribution in [-0.2, 0) is 19.3 Å². The molecule has 0 radical (unpaired) electrons. The summed E-state index contributed by atoms with van der Waals surface area (Å²) in [5.74, 6) is 0. The summed E-state index contributed by atoms with van der Waals surface area (Å²) in [4.78, 5) is 3.62. The summed E-state index contributed by atoms with van der Waals surface area (Å²) in [6, 6.07) is 3.14. The minimum Gasteiger partial charge on any atom is -0.362 e. The molecule has 2 nitrogen and oxygen atoms in total. The van der Waals surface area contributed by atoms with Crippen LogP contribution in [0.3, 0.4) is 0 Å². The SMILES string of the molecule is c1c(CC2CCCN2)[nH]c2c1CCCC2. The van der Waals surface area contributed by atoms with Crippen LogP contribution in [0.25, 0.3) is 0 Å². The molecule has 2 heteroatoms. The highest BCUT2D eigenvalue weighted by atomic mass is 14.9. The van der Waals surface area contributed by atoms with Crippen molar-refractivity contribution in [3.05, 3.63) is 23.0 Å². The molecule has 82 valence electrons. The fourth-order valence-electron chi connectivity index (χ4n) is 2.98. The molecule has 0 bridgehead atoms. The van der Waals surface area contributed by atoms with E-state index >= 15 is 0 Å². The molecule has 1 atom stereocenters. The van der Waals surface area contributed by atoms with Gasteiger partial charge in [-0.15, -0.1) is 0 Å². The van der Waals surface area contributed by atoms with Gasteiger partial charge in [0.05, 0.1) is 0 Å². The maximum absolute atomic E-state index is 3.62. The summed E-state index contributed by atoms with van der Waals surface area (Å²) < 4.78 is 0. The van der Waals surface area contributed by atoms with Gasteiger partial charge in [0.25, 0.3) is 0 Å². The Bertz CT molecular complexity index is 311. The monoisotopic (exact) mass is 204 g/mol. The van der Waals surface area contributed by atoms with Crippen molar-refractivity contribution >= 4 is 0 Å². The molecule has 0 amide bonds. The summed E-state index contributed by atoms with van der Waals surface area (Å²) in [6.07, 6.45) is 9.22. The van der Waals surface area contributed by atoms with Crippen molar-refractivity contribution in [1.29, 1.82) is 0 Å². The van der Waals surface area contributed by atoms with Gasteiger partial charge in [0.15, 0.2) is 0 Å². The van der Waals surface area contributed by atoms with Crippen LogP contribution < -0.4 is 5.32 Å². The number of fused-ring (bicyclic) bond motifs is 1. The van der Waals surface area contributed by atoms with Gasteiger partial charge < -0.3 is 10.3 Å². The first-order valence-corrected chi connectivity index (χ1v) is 6.35. The van der Waals surface area contributed by atoms with Gasteiger partial charge in [-0.2, -0.15) is 0 Å². The van der Waals surface area contributed by atoms with Crippen molar-refractivity contribution in [2.75, 3.05) is 6.54 Å². The summed E-state index contributed by atoms with van der Waals surface area (Å²) in [6.45, 7) is 1.21. The molecule has 0 spiro atoms. The molecule has 0 aromatic carbocycles. The Morgan fingerprint density at radius 2 is 2.13 bits per heavy atom. The molecule has 1 aliphatic heterocycles. The minimum absolute atomic E-state index is 0.727. The van der Waals surface area contributed by atoms with Crippen LogP contribution in [0, 0.1) is 0 Å². The first kappa shape index (κ1) is 9.46. The van der Waals surface area contributed by atoms with Crippen LogP contribution in [0.4, 0.5) is 0 Å². The molecular formula is C13H20N2. The van der Waals surface area contributed by atoms with Gasteiger partial charge in [-0.25, -0.2) is 0 Å². The van der Waals surface area contributed by atoms with E-state index in [1.807, 2.05) is 0 Å². The molecule has 2 heterocycles. The lowest BCUT2D eigenvalue weighted by Crippen LogP contribution is -2.23. The van der Waals surface area contributed by atoms with E-state index in [-0.39, 0.29) is 0 Å². The normalized spacial score (nSPS) is 25.5. The Balaban J connectivity index is 1.72.